The Morgan fingerprint density at radius 3 is 2.65 bits per heavy atom. The lowest BCUT2D eigenvalue weighted by molar-refractivity contribution is -0.139. The quantitative estimate of drug-likeness (QED) is 0.855. The maximum absolute atomic E-state index is 12.1. The Morgan fingerprint density at radius 2 is 2.06 bits per heavy atom. The molecular weight excluding hydrogens is 318 g/mol. The summed E-state index contributed by atoms with van der Waals surface area (Å²) in [6, 6.07) is 4.64. The van der Waals surface area contributed by atoms with Crippen LogP contribution in [0.25, 0.3) is 0 Å². The summed E-state index contributed by atoms with van der Waals surface area (Å²) >= 11 is 9.22. The summed E-state index contributed by atoms with van der Waals surface area (Å²) < 4.78 is 37.2. The van der Waals surface area contributed by atoms with E-state index in [4.69, 9.17) is 11.6 Å². The third kappa shape index (κ3) is 5.75. The van der Waals surface area contributed by atoms with Crippen LogP contribution in [0.2, 0.25) is 5.02 Å². The number of rotatable bonds is 4. The summed E-state index contributed by atoms with van der Waals surface area (Å²) in [4.78, 5) is 0. The highest BCUT2D eigenvalue weighted by Crippen LogP contribution is 2.23. The molecule has 6 heteroatoms. The second-order valence-electron chi connectivity index (χ2n) is 3.84. The predicted octanol–water partition coefficient (Wildman–Crippen LogP) is 4.53. The van der Waals surface area contributed by atoms with Crippen LogP contribution in [0.5, 0.6) is 0 Å². The van der Waals surface area contributed by atoms with Crippen molar-refractivity contribution in [1.29, 1.82) is 0 Å². The van der Waals surface area contributed by atoms with Crippen molar-refractivity contribution >= 4 is 27.5 Å². The molecule has 0 radical (unpaired) electrons. The monoisotopic (exact) mass is 329 g/mol. The van der Waals surface area contributed by atoms with Gasteiger partial charge in [-0.05, 0) is 30.7 Å². The van der Waals surface area contributed by atoms with Crippen molar-refractivity contribution in [3.05, 3.63) is 33.3 Å². The molecule has 1 atom stereocenters. The lowest BCUT2D eigenvalue weighted by Gasteiger charge is -2.16. The van der Waals surface area contributed by atoms with Gasteiger partial charge in [0.2, 0.25) is 0 Å². The highest BCUT2D eigenvalue weighted by atomic mass is 79.9. The van der Waals surface area contributed by atoms with Gasteiger partial charge in [-0.3, -0.25) is 0 Å². The Kier molecular flexibility index (Phi) is 5.28. The molecule has 0 saturated heterocycles. The largest absolute Gasteiger partial charge is 0.390 e. The molecule has 96 valence electrons. The number of benzene rings is 1. The summed E-state index contributed by atoms with van der Waals surface area (Å²) in [6.07, 6.45) is -4.99. The van der Waals surface area contributed by atoms with Crippen LogP contribution in [0.4, 0.5) is 13.2 Å². The van der Waals surface area contributed by atoms with E-state index in [9.17, 15) is 13.2 Å². The third-order valence-corrected chi connectivity index (χ3v) is 3.05. The minimum atomic E-state index is -4.15. The molecule has 1 nitrogen and oxygen atoms in total. The van der Waals surface area contributed by atoms with Gasteiger partial charge in [0.1, 0.15) is 0 Å². The molecule has 0 aliphatic carbocycles. The molecule has 1 unspecified atom stereocenters. The van der Waals surface area contributed by atoms with Gasteiger partial charge in [-0.25, -0.2) is 0 Å². The van der Waals surface area contributed by atoms with Gasteiger partial charge in [-0.15, -0.1) is 0 Å². The summed E-state index contributed by atoms with van der Waals surface area (Å²) in [5.41, 5.74) is 0.773. The Labute approximate surface area is 111 Å². The van der Waals surface area contributed by atoms with E-state index in [1.807, 2.05) is 0 Å². The first kappa shape index (κ1) is 14.8. The predicted molar refractivity (Wildman–Crippen MR) is 66.1 cm³/mol. The Balaban J connectivity index is 2.53. The van der Waals surface area contributed by atoms with E-state index >= 15 is 0 Å². The lowest BCUT2D eigenvalue weighted by Crippen LogP contribution is -2.30. The van der Waals surface area contributed by atoms with Gasteiger partial charge in [0.05, 0.1) is 6.42 Å². The molecule has 0 bridgehead atoms. The van der Waals surface area contributed by atoms with Crippen LogP contribution in [-0.2, 0) is 6.54 Å². The van der Waals surface area contributed by atoms with Crippen molar-refractivity contribution in [2.75, 3.05) is 0 Å². The lowest BCUT2D eigenvalue weighted by atomic mass is 10.2. The summed E-state index contributed by atoms with van der Waals surface area (Å²) in [5.74, 6) is 0. The average molecular weight is 331 g/mol. The number of alkyl halides is 3. The minimum Gasteiger partial charge on any atom is -0.310 e. The Hall–Kier alpha value is -0.260. The van der Waals surface area contributed by atoms with Crippen LogP contribution in [0.1, 0.15) is 18.9 Å². The van der Waals surface area contributed by atoms with Gasteiger partial charge in [-0.1, -0.05) is 27.5 Å². The zero-order valence-electron chi connectivity index (χ0n) is 9.11. The first-order valence-corrected chi connectivity index (χ1v) is 6.19. The summed E-state index contributed by atoms with van der Waals surface area (Å²) in [7, 11) is 0. The second-order valence-corrected chi connectivity index (χ2v) is 5.16. The van der Waals surface area contributed by atoms with E-state index < -0.39 is 18.6 Å². The highest BCUT2D eigenvalue weighted by molar-refractivity contribution is 9.10. The Morgan fingerprint density at radius 1 is 1.41 bits per heavy atom. The van der Waals surface area contributed by atoms with Crippen molar-refractivity contribution in [3.63, 3.8) is 0 Å². The molecule has 0 fully saturated rings. The number of hydrogen-bond acceptors (Lipinski definition) is 1. The molecule has 0 heterocycles. The molecule has 0 amide bonds. The van der Waals surface area contributed by atoms with Crippen LogP contribution >= 0.6 is 27.5 Å². The van der Waals surface area contributed by atoms with E-state index in [1.54, 1.807) is 18.2 Å². The van der Waals surface area contributed by atoms with Crippen LogP contribution in [0, 0.1) is 0 Å². The van der Waals surface area contributed by atoms with Crippen molar-refractivity contribution in [1.82, 2.24) is 5.32 Å². The molecule has 0 aliphatic rings. The standard InChI is InChI=1S/C11H12BrClF3N/c1-7(5-11(14,15)16)17-6-8-4-9(12)2-3-10(8)13/h2-4,7,17H,5-6H2,1H3. The summed E-state index contributed by atoms with van der Waals surface area (Å²) in [6.45, 7) is 1.81. The highest BCUT2D eigenvalue weighted by Gasteiger charge is 2.29. The first-order valence-electron chi connectivity index (χ1n) is 5.02. The molecule has 1 aromatic carbocycles. The fraction of sp³-hybridized carbons (Fsp3) is 0.455. The molecule has 1 aromatic rings. The second kappa shape index (κ2) is 6.07. The van der Waals surface area contributed by atoms with Gasteiger partial charge in [0.25, 0.3) is 0 Å². The smallest absolute Gasteiger partial charge is 0.310 e. The normalized spacial score (nSPS) is 13.8. The third-order valence-electron chi connectivity index (χ3n) is 2.19. The maximum atomic E-state index is 12.1. The minimum absolute atomic E-state index is 0.315. The summed E-state index contributed by atoms with van der Waals surface area (Å²) in [5, 5.41) is 3.34. The van der Waals surface area contributed by atoms with E-state index in [0.717, 1.165) is 10.0 Å². The van der Waals surface area contributed by atoms with E-state index in [0.29, 0.717) is 11.6 Å². The molecule has 17 heavy (non-hydrogen) atoms. The molecule has 0 aromatic heterocycles. The van der Waals surface area contributed by atoms with Crippen LogP contribution in [-0.4, -0.2) is 12.2 Å². The van der Waals surface area contributed by atoms with Gasteiger partial charge in [0.15, 0.2) is 0 Å². The van der Waals surface area contributed by atoms with Crippen molar-refractivity contribution in [2.24, 2.45) is 0 Å². The van der Waals surface area contributed by atoms with Crippen LogP contribution in [0.15, 0.2) is 22.7 Å². The first-order chi connectivity index (χ1) is 7.78. The zero-order chi connectivity index (χ0) is 13.1. The van der Waals surface area contributed by atoms with Crippen molar-refractivity contribution in [2.45, 2.75) is 32.1 Å². The van der Waals surface area contributed by atoms with E-state index in [1.165, 1.54) is 6.92 Å². The molecule has 1 N–H and O–H groups in total. The zero-order valence-corrected chi connectivity index (χ0v) is 11.5. The number of halogens is 5. The molecule has 0 spiro atoms. The van der Waals surface area contributed by atoms with Gasteiger partial charge < -0.3 is 5.32 Å². The van der Waals surface area contributed by atoms with E-state index in [2.05, 4.69) is 21.2 Å². The van der Waals surface area contributed by atoms with Gasteiger partial charge in [0, 0.05) is 22.1 Å². The van der Waals surface area contributed by atoms with Crippen LogP contribution < -0.4 is 5.32 Å². The SMILES string of the molecule is CC(CC(F)(F)F)NCc1cc(Br)ccc1Cl. The fourth-order valence-corrected chi connectivity index (χ4v) is 1.98. The maximum Gasteiger partial charge on any atom is 0.390 e. The molecule has 0 saturated carbocycles. The number of hydrogen-bond donors (Lipinski definition) is 1. The average Bonchev–Trinajstić information content (AvgIpc) is 2.17. The molecular formula is C11H12BrClF3N. The molecule has 1 rings (SSSR count). The Bertz CT molecular complexity index is 381. The van der Waals surface area contributed by atoms with Crippen molar-refractivity contribution < 1.29 is 13.2 Å². The van der Waals surface area contributed by atoms with Crippen molar-refractivity contribution in [3.8, 4) is 0 Å². The fourth-order valence-electron chi connectivity index (χ4n) is 1.38. The number of nitrogens with one attached hydrogen (secondary N) is 1. The van der Waals surface area contributed by atoms with Crippen LogP contribution in [0.3, 0.4) is 0 Å². The van der Waals surface area contributed by atoms with Gasteiger partial charge in [-0.2, -0.15) is 13.2 Å². The van der Waals surface area contributed by atoms with E-state index in [-0.39, 0.29) is 0 Å². The molecule has 0 aliphatic heterocycles. The van der Waals surface area contributed by atoms with Gasteiger partial charge >= 0.3 is 6.18 Å². The topological polar surface area (TPSA) is 12.0 Å².